The number of benzene rings is 2. The zero-order chi connectivity index (χ0) is 18.1. The number of amides is 1. The number of hydrogen-bond acceptors (Lipinski definition) is 4. The number of carbonyl (C=O) groups excluding carboxylic acids is 1. The number of para-hydroxylation sites is 1. The van der Waals surface area contributed by atoms with E-state index in [1.807, 2.05) is 54.3 Å². The van der Waals surface area contributed by atoms with Crippen LogP contribution >= 0.6 is 0 Å². The smallest absolute Gasteiger partial charge is 0.258 e. The van der Waals surface area contributed by atoms with E-state index < -0.39 is 0 Å². The molecule has 5 heteroatoms. The molecule has 1 fully saturated rings. The van der Waals surface area contributed by atoms with Gasteiger partial charge in [0, 0.05) is 30.1 Å². The van der Waals surface area contributed by atoms with Gasteiger partial charge in [0.2, 0.25) is 5.91 Å². The standard InChI is InChI=1S/C21H21N3O2/c1-3-15-9-5-7-11-18(15)24-13-16(12-19(24)25)20-22-21(26-23-20)17-10-6-4-8-14(17)2/h4-11,16H,3,12-13H2,1-2H3. The van der Waals surface area contributed by atoms with Crippen molar-refractivity contribution in [2.75, 3.05) is 11.4 Å². The van der Waals surface area contributed by atoms with Gasteiger partial charge in [-0.3, -0.25) is 4.79 Å². The molecular formula is C21H21N3O2. The number of aromatic nitrogens is 2. The van der Waals surface area contributed by atoms with Gasteiger partial charge in [0.05, 0.1) is 0 Å². The van der Waals surface area contributed by atoms with Crippen LogP contribution in [0.5, 0.6) is 0 Å². The maximum Gasteiger partial charge on any atom is 0.258 e. The van der Waals surface area contributed by atoms with E-state index in [0.29, 0.717) is 24.7 Å². The molecular weight excluding hydrogens is 326 g/mol. The van der Waals surface area contributed by atoms with Crippen molar-refractivity contribution in [3.8, 4) is 11.5 Å². The summed E-state index contributed by atoms with van der Waals surface area (Å²) in [5.74, 6) is 1.18. The molecule has 0 saturated carbocycles. The average molecular weight is 347 g/mol. The summed E-state index contributed by atoms with van der Waals surface area (Å²) in [6.07, 6.45) is 1.30. The van der Waals surface area contributed by atoms with Crippen molar-refractivity contribution in [1.29, 1.82) is 0 Å². The SMILES string of the molecule is CCc1ccccc1N1CC(c2noc(-c3ccccc3C)n2)CC1=O. The van der Waals surface area contributed by atoms with Gasteiger partial charge in [0.25, 0.3) is 5.89 Å². The first-order valence-electron chi connectivity index (χ1n) is 8.95. The molecule has 0 spiro atoms. The molecule has 0 bridgehead atoms. The third-order valence-electron chi connectivity index (χ3n) is 4.97. The molecule has 0 radical (unpaired) electrons. The Bertz CT molecular complexity index is 948. The summed E-state index contributed by atoms with van der Waals surface area (Å²) >= 11 is 0. The number of anilines is 1. The molecule has 1 atom stereocenters. The highest BCUT2D eigenvalue weighted by Crippen LogP contribution is 2.33. The number of hydrogen-bond donors (Lipinski definition) is 0. The summed E-state index contributed by atoms with van der Waals surface area (Å²) in [5.41, 5.74) is 4.19. The first-order chi connectivity index (χ1) is 12.7. The van der Waals surface area contributed by atoms with Crippen LogP contribution < -0.4 is 4.90 Å². The van der Waals surface area contributed by atoms with Crippen LogP contribution in [0.3, 0.4) is 0 Å². The monoisotopic (exact) mass is 347 g/mol. The third kappa shape index (κ3) is 2.90. The minimum atomic E-state index is -0.0473. The van der Waals surface area contributed by atoms with Crippen LogP contribution in [-0.2, 0) is 11.2 Å². The highest BCUT2D eigenvalue weighted by atomic mass is 16.5. The normalized spacial score (nSPS) is 17.1. The molecule has 26 heavy (non-hydrogen) atoms. The van der Waals surface area contributed by atoms with Gasteiger partial charge < -0.3 is 9.42 Å². The van der Waals surface area contributed by atoms with Crippen molar-refractivity contribution in [2.24, 2.45) is 0 Å². The topological polar surface area (TPSA) is 59.2 Å². The van der Waals surface area contributed by atoms with Crippen LogP contribution in [0.1, 0.15) is 36.2 Å². The first-order valence-corrected chi connectivity index (χ1v) is 8.95. The molecule has 2 heterocycles. The Hall–Kier alpha value is -2.95. The van der Waals surface area contributed by atoms with Gasteiger partial charge in [0.15, 0.2) is 5.82 Å². The summed E-state index contributed by atoms with van der Waals surface area (Å²) in [5, 5.41) is 4.16. The van der Waals surface area contributed by atoms with Crippen LogP contribution in [0, 0.1) is 6.92 Å². The van der Waals surface area contributed by atoms with Crippen molar-refractivity contribution in [1.82, 2.24) is 10.1 Å². The second-order valence-electron chi connectivity index (χ2n) is 6.66. The Kier molecular flexibility index (Phi) is 4.29. The molecule has 2 aromatic carbocycles. The highest BCUT2D eigenvalue weighted by Gasteiger charge is 2.35. The molecule has 3 aromatic rings. The van der Waals surface area contributed by atoms with E-state index in [1.54, 1.807) is 0 Å². The number of rotatable bonds is 4. The maximum absolute atomic E-state index is 12.6. The predicted molar refractivity (Wildman–Crippen MR) is 100 cm³/mol. The molecule has 132 valence electrons. The minimum absolute atomic E-state index is 0.0473. The Morgan fingerprint density at radius 3 is 2.73 bits per heavy atom. The van der Waals surface area contributed by atoms with E-state index in [2.05, 4.69) is 23.1 Å². The Morgan fingerprint density at radius 2 is 1.92 bits per heavy atom. The van der Waals surface area contributed by atoms with Crippen LogP contribution in [0.25, 0.3) is 11.5 Å². The summed E-state index contributed by atoms with van der Waals surface area (Å²) in [7, 11) is 0. The zero-order valence-electron chi connectivity index (χ0n) is 15.0. The largest absolute Gasteiger partial charge is 0.334 e. The van der Waals surface area contributed by atoms with Crippen molar-refractivity contribution >= 4 is 11.6 Å². The number of carbonyl (C=O) groups is 1. The van der Waals surface area contributed by atoms with Crippen LogP contribution in [0.15, 0.2) is 53.1 Å². The van der Waals surface area contributed by atoms with Gasteiger partial charge in [0.1, 0.15) is 0 Å². The Labute approximate surface area is 152 Å². The molecule has 1 aromatic heterocycles. The van der Waals surface area contributed by atoms with E-state index >= 15 is 0 Å². The lowest BCUT2D eigenvalue weighted by molar-refractivity contribution is -0.117. The van der Waals surface area contributed by atoms with Crippen molar-refractivity contribution < 1.29 is 9.32 Å². The predicted octanol–water partition coefficient (Wildman–Crippen LogP) is 4.13. The molecule has 1 saturated heterocycles. The summed E-state index contributed by atoms with van der Waals surface area (Å²) in [4.78, 5) is 19.0. The Balaban J connectivity index is 1.59. The van der Waals surface area contributed by atoms with E-state index in [4.69, 9.17) is 4.52 Å². The molecule has 4 rings (SSSR count). The quantitative estimate of drug-likeness (QED) is 0.712. The molecule has 1 aliphatic heterocycles. The fourth-order valence-electron chi connectivity index (χ4n) is 3.51. The average Bonchev–Trinajstić information content (AvgIpc) is 3.29. The lowest BCUT2D eigenvalue weighted by Crippen LogP contribution is -2.25. The Morgan fingerprint density at radius 1 is 1.15 bits per heavy atom. The lowest BCUT2D eigenvalue weighted by atomic mass is 10.1. The molecule has 0 aliphatic carbocycles. The van der Waals surface area contributed by atoms with Crippen molar-refractivity contribution in [2.45, 2.75) is 32.6 Å². The third-order valence-corrected chi connectivity index (χ3v) is 4.97. The van der Waals surface area contributed by atoms with Gasteiger partial charge in [-0.25, -0.2) is 0 Å². The molecule has 1 aliphatic rings. The molecule has 5 nitrogen and oxygen atoms in total. The first kappa shape index (κ1) is 16.5. The van der Waals surface area contributed by atoms with Gasteiger partial charge in [-0.2, -0.15) is 4.98 Å². The van der Waals surface area contributed by atoms with Crippen LogP contribution in [0.4, 0.5) is 5.69 Å². The van der Waals surface area contributed by atoms with Crippen molar-refractivity contribution in [3.05, 3.63) is 65.5 Å². The fraction of sp³-hybridized carbons (Fsp3) is 0.286. The second kappa shape index (κ2) is 6.75. The summed E-state index contributed by atoms with van der Waals surface area (Å²) < 4.78 is 5.47. The number of nitrogens with zero attached hydrogens (tertiary/aromatic N) is 3. The summed E-state index contributed by atoms with van der Waals surface area (Å²) in [6, 6.07) is 16.0. The number of aryl methyl sites for hydroxylation is 2. The fourth-order valence-corrected chi connectivity index (χ4v) is 3.51. The summed E-state index contributed by atoms with van der Waals surface area (Å²) in [6.45, 7) is 4.70. The zero-order valence-corrected chi connectivity index (χ0v) is 15.0. The molecule has 0 N–H and O–H groups in total. The van der Waals surface area contributed by atoms with E-state index in [1.165, 1.54) is 5.56 Å². The van der Waals surface area contributed by atoms with Gasteiger partial charge in [-0.15, -0.1) is 0 Å². The van der Waals surface area contributed by atoms with E-state index in [9.17, 15) is 4.79 Å². The van der Waals surface area contributed by atoms with Gasteiger partial charge in [-0.1, -0.05) is 48.5 Å². The molecule has 1 unspecified atom stereocenters. The van der Waals surface area contributed by atoms with Gasteiger partial charge >= 0.3 is 0 Å². The van der Waals surface area contributed by atoms with Crippen LogP contribution in [-0.4, -0.2) is 22.6 Å². The van der Waals surface area contributed by atoms with Gasteiger partial charge in [-0.05, 0) is 36.6 Å². The van der Waals surface area contributed by atoms with Crippen molar-refractivity contribution in [3.63, 3.8) is 0 Å². The van der Waals surface area contributed by atoms with E-state index in [-0.39, 0.29) is 11.8 Å². The van der Waals surface area contributed by atoms with Crippen LogP contribution in [0.2, 0.25) is 0 Å². The lowest BCUT2D eigenvalue weighted by Gasteiger charge is -2.19. The molecule has 1 amide bonds. The second-order valence-corrected chi connectivity index (χ2v) is 6.66. The van der Waals surface area contributed by atoms with E-state index in [0.717, 1.165) is 23.2 Å². The maximum atomic E-state index is 12.6. The highest BCUT2D eigenvalue weighted by molar-refractivity contribution is 5.97. The minimum Gasteiger partial charge on any atom is -0.334 e.